The number of aryl methyl sites for hydroxylation is 1. The number of nitrogens with one attached hydrogen (secondary N) is 1. The lowest BCUT2D eigenvalue weighted by atomic mass is 10.1. The molecule has 0 aliphatic carbocycles. The van der Waals surface area contributed by atoms with E-state index < -0.39 is 4.92 Å². The number of nitro groups is 1. The summed E-state index contributed by atoms with van der Waals surface area (Å²) < 4.78 is 11.1. The van der Waals surface area contributed by atoms with Crippen molar-refractivity contribution in [1.82, 2.24) is 4.98 Å². The van der Waals surface area contributed by atoms with Gasteiger partial charge in [-0.05, 0) is 36.8 Å². The van der Waals surface area contributed by atoms with Crippen LogP contribution in [0.5, 0.6) is 17.4 Å². The first-order valence-electron chi connectivity index (χ1n) is 8.31. The Morgan fingerprint density at radius 1 is 1.11 bits per heavy atom. The summed E-state index contributed by atoms with van der Waals surface area (Å²) in [4.78, 5) is 14.8. The highest BCUT2D eigenvalue weighted by Gasteiger charge is 2.10. The van der Waals surface area contributed by atoms with E-state index in [4.69, 9.17) is 9.47 Å². The summed E-state index contributed by atoms with van der Waals surface area (Å²) in [6.07, 6.45) is 1.66. The molecule has 3 aromatic rings. The average molecular weight is 365 g/mol. The van der Waals surface area contributed by atoms with E-state index in [2.05, 4.69) is 10.3 Å². The van der Waals surface area contributed by atoms with Crippen LogP contribution in [0.3, 0.4) is 0 Å². The second kappa shape index (κ2) is 8.18. The highest BCUT2D eigenvalue weighted by atomic mass is 16.6. The van der Waals surface area contributed by atoms with Crippen molar-refractivity contribution in [2.45, 2.75) is 13.5 Å². The molecule has 0 fully saturated rings. The molecule has 7 nitrogen and oxygen atoms in total. The Labute approximate surface area is 156 Å². The average Bonchev–Trinajstić information content (AvgIpc) is 2.68. The van der Waals surface area contributed by atoms with E-state index in [1.54, 1.807) is 31.5 Å². The topological polar surface area (TPSA) is 86.5 Å². The molecule has 7 heteroatoms. The molecule has 2 aromatic carbocycles. The highest BCUT2D eigenvalue weighted by molar-refractivity contribution is 5.56. The Morgan fingerprint density at radius 2 is 1.93 bits per heavy atom. The van der Waals surface area contributed by atoms with E-state index in [0.717, 1.165) is 16.8 Å². The molecule has 0 atom stereocenters. The number of nitrogens with zero attached hydrogens (tertiary/aromatic N) is 2. The van der Waals surface area contributed by atoms with Gasteiger partial charge in [-0.3, -0.25) is 10.1 Å². The second-order valence-corrected chi connectivity index (χ2v) is 5.86. The Kier molecular flexibility index (Phi) is 5.51. The zero-order valence-corrected chi connectivity index (χ0v) is 15.0. The third-order valence-electron chi connectivity index (χ3n) is 4.00. The number of hydrogen-bond donors (Lipinski definition) is 1. The maximum Gasteiger partial charge on any atom is 0.269 e. The lowest BCUT2D eigenvalue weighted by molar-refractivity contribution is -0.384. The van der Waals surface area contributed by atoms with Crippen LogP contribution in [-0.4, -0.2) is 17.0 Å². The van der Waals surface area contributed by atoms with Gasteiger partial charge in [-0.2, -0.15) is 0 Å². The van der Waals surface area contributed by atoms with Crippen molar-refractivity contribution in [2.24, 2.45) is 0 Å². The number of methoxy groups -OCH3 is 1. The first-order chi connectivity index (χ1) is 13.1. The standard InChI is InChI=1S/C20H19N3O4/c1-14-11-16(23(24)25)8-9-19(14)22-13-15-5-4-10-21-20(15)27-18-7-3-6-17(12-18)26-2/h3-12,22H,13H2,1-2H3. The van der Waals surface area contributed by atoms with Crippen molar-refractivity contribution in [3.63, 3.8) is 0 Å². The first-order valence-corrected chi connectivity index (χ1v) is 8.31. The van der Waals surface area contributed by atoms with Crippen molar-refractivity contribution in [3.05, 3.63) is 82.0 Å². The van der Waals surface area contributed by atoms with Crippen LogP contribution in [0.4, 0.5) is 11.4 Å². The van der Waals surface area contributed by atoms with Gasteiger partial charge in [-0.25, -0.2) is 4.98 Å². The van der Waals surface area contributed by atoms with Gasteiger partial charge >= 0.3 is 0 Å². The number of benzene rings is 2. The van der Waals surface area contributed by atoms with E-state index in [-0.39, 0.29) is 5.69 Å². The molecule has 1 N–H and O–H groups in total. The van der Waals surface area contributed by atoms with Crippen LogP contribution in [-0.2, 0) is 6.54 Å². The number of rotatable bonds is 7. The number of aromatic nitrogens is 1. The minimum atomic E-state index is -0.405. The van der Waals surface area contributed by atoms with Crippen LogP contribution in [0.15, 0.2) is 60.8 Å². The summed E-state index contributed by atoms with van der Waals surface area (Å²) in [6.45, 7) is 2.29. The molecule has 0 saturated carbocycles. The third kappa shape index (κ3) is 4.52. The zero-order chi connectivity index (χ0) is 19.2. The molecule has 27 heavy (non-hydrogen) atoms. The lowest BCUT2D eigenvalue weighted by Crippen LogP contribution is -2.04. The largest absolute Gasteiger partial charge is 0.497 e. The number of non-ortho nitro benzene ring substituents is 1. The Morgan fingerprint density at radius 3 is 2.67 bits per heavy atom. The molecule has 3 rings (SSSR count). The molecule has 0 aliphatic heterocycles. The van der Waals surface area contributed by atoms with E-state index in [0.29, 0.717) is 23.9 Å². The number of anilines is 1. The predicted molar refractivity (Wildman–Crippen MR) is 102 cm³/mol. The van der Waals surface area contributed by atoms with Gasteiger partial charge in [-0.15, -0.1) is 0 Å². The SMILES string of the molecule is COc1cccc(Oc2ncccc2CNc2ccc([N+](=O)[O-])cc2C)c1. The van der Waals surface area contributed by atoms with Gasteiger partial charge in [0, 0.05) is 42.2 Å². The molecule has 0 amide bonds. The van der Waals surface area contributed by atoms with Crippen LogP contribution < -0.4 is 14.8 Å². The van der Waals surface area contributed by atoms with Crippen molar-refractivity contribution in [3.8, 4) is 17.4 Å². The van der Waals surface area contributed by atoms with Crippen molar-refractivity contribution in [2.75, 3.05) is 12.4 Å². The summed E-state index contributed by atoms with van der Waals surface area (Å²) in [6, 6.07) is 15.8. The van der Waals surface area contributed by atoms with Gasteiger partial charge in [-0.1, -0.05) is 12.1 Å². The Balaban J connectivity index is 1.75. The van der Waals surface area contributed by atoms with E-state index in [9.17, 15) is 10.1 Å². The van der Waals surface area contributed by atoms with Crippen molar-refractivity contribution >= 4 is 11.4 Å². The fraction of sp³-hybridized carbons (Fsp3) is 0.150. The fourth-order valence-electron chi connectivity index (χ4n) is 2.58. The molecule has 0 unspecified atom stereocenters. The number of hydrogen-bond acceptors (Lipinski definition) is 6. The fourth-order valence-corrected chi connectivity index (χ4v) is 2.58. The van der Waals surface area contributed by atoms with Crippen LogP contribution in [0, 0.1) is 17.0 Å². The monoisotopic (exact) mass is 365 g/mol. The summed E-state index contributed by atoms with van der Waals surface area (Å²) in [5.41, 5.74) is 2.54. The molecule has 0 radical (unpaired) electrons. The van der Waals surface area contributed by atoms with Gasteiger partial charge in [0.25, 0.3) is 5.69 Å². The highest BCUT2D eigenvalue weighted by Crippen LogP contribution is 2.27. The molecule has 1 heterocycles. The smallest absolute Gasteiger partial charge is 0.269 e. The van der Waals surface area contributed by atoms with E-state index in [1.807, 2.05) is 37.3 Å². The van der Waals surface area contributed by atoms with Gasteiger partial charge in [0.05, 0.1) is 12.0 Å². The Hall–Kier alpha value is -3.61. The Bertz CT molecular complexity index is 959. The third-order valence-corrected chi connectivity index (χ3v) is 4.00. The van der Waals surface area contributed by atoms with Crippen molar-refractivity contribution in [1.29, 1.82) is 0 Å². The van der Waals surface area contributed by atoms with Crippen molar-refractivity contribution < 1.29 is 14.4 Å². The minimum absolute atomic E-state index is 0.0708. The van der Waals surface area contributed by atoms with E-state index in [1.165, 1.54) is 6.07 Å². The minimum Gasteiger partial charge on any atom is -0.497 e. The summed E-state index contributed by atoms with van der Waals surface area (Å²) >= 11 is 0. The van der Waals surface area contributed by atoms with Gasteiger partial charge in [0.2, 0.25) is 5.88 Å². The quantitative estimate of drug-likeness (QED) is 0.482. The molecule has 0 aliphatic rings. The number of nitro benzene ring substituents is 1. The number of ether oxygens (including phenoxy) is 2. The van der Waals surface area contributed by atoms with Crippen LogP contribution in [0.25, 0.3) is 0 Å². The summed E-state index contributed by atoms with van der Waals surface area (Å²) in [5, 5.41) is 14.1. The molecular formula is C20H19N3O4. The molecule has 0 spiro atoms. The second-order valence-electron chi connectivity index (χ2n) is 5.86. The summed E-state index contributed by atoms with van der Waals surface area (Å²) in [7, 11) is 1.60. The first kappa shape index (κ1) is 18.2. The molecular weight excluding hydrogens is 346 g/mol. The molecule has 0 saturated heterocycles. The number of pyridine rings is 1. The molecule has 1 aromatic heterocycles. The van der Waals surface area contributed by atoms with Crippen LogP contribution in [0.2, 0.25) is 0 Å². The van der Waals surface area contributed by atoms with Gasteiger partial charge in [0.15, 0.2) is 0 Å². The zero-order valence-electron chi connectivity index (χ0n) is 15.0. The maximum absolute atomic E-state index is 10.9. The lowest BCUT2D eigenvalue weighted by Gasteiger charge is -2.13. The van der Waals surface area contributed by atoms with Crippen LogP contribution >= 0.6 is 0 Å². The predicted octanol–water partition coefficient (Wildman–Crippen LogP) is 4.71. The maximum atomic E-state index is 10.9. The summed E-state index contributed by atoms with van der Waals surface area (Å²) in [5.74, 6) is 1.81. The van der Waals surface area contributed by atoms with E-state index >= 15 is 0 Å². The molecule has 0 bridgehead atoms. The molecule has 138 valence electrons. The van der Waals surface area contributed by atoms with Gasteiger partial charge in [0.1, 0.15) is 11.5 Å². The normalized spacial score (nSPS) is 10.3. The van der Waals surface area contributed by atoms with Gasteiger partial charge < -0.3 is 14.8 Å². The van der Waals surface area contributed by atoms with Crippen LogP contribution in [0.1, 0.15) is 11.1 Å².